The van der Waals surface area contributed by atoms with Crippen molar-refractivity contribution in [3.8, 4) is 0 Å². The van der Waals surface area contributed by atoms with E-state index in [2.05, 4.69) is 45.9 Å². The van der Waals surface area contributed by atoms with Crippen molar-refractivity contribution in [1.82, 2.24) is 0 Å². The lowest BCUT2D eigenvalue weighted by Gasteiger charge is -2.34. The molecule has 1 fully saturated rings. The molecule has 1 aromatic carbocycles. The summed E-state index contributed by atoms with van der Waals surface area (Å²) in [5.41, 5.74) is 7.74. The second kappa shape index (κ2) is 7.16. The normalized spacial score (nSPS) is 16.7. The third kappa shape index (κ3) is 3.90. The van der Waals surface area contributed by atoms with Gasteiger partial charge in [0.2, 0.25) is 0 Å². The lowest BCUT2D eigenvalue weighted by Crippen LogP contribution is -2.37. The highest BCUT2D eigenvalue weighted by atomic mass is 79.9. The molecule has 116 valence electrons. The van der Waals surface area contributed by atoms with E-state index < -0.39 is 0 Å². The van der Waals surface area contributed by atoms with Crippen molar-refractivity contribution >= 4 is 27.5 Å². The fraction of sp³-hybridized carbons (Fsp3) is 0.562. The molecular weight excluding hydrogens is 330 g/mol. The van der Waals surface area contributed by atoms with E-state index in [0.717, 1.165) is 22.3 Å². The molecule has 0 aromatic heterocycles. The Labute approximate surface area is 135 Å². The predicted molar refractivity (Wildman–Crippen MR) is 91.1 cm³/mol. The van der Waals surface area contributed by atoms with Crippen LogP contribution in [0, 0.1) is 5.92 Å². The van der Waals surface area contributed by atoms with Crippen LogP contribution in [0.5, 0.6) is 0 Å². The summed E-state index contributed by atoms with van der Waals surface area (Å²) in [5.74, 6) is 0.729. The Morgan fingerprint density at radius 2 is 2.10 bits per heavy atom. The number of amidine groups is 1. The molecule has 21 heavy (non-hydrogen) atoms. The second-order valence-corrected chi connectivity index (χ2v) is 7.05. The highest BCUT2D eigenvalue weighted by Gasteiger charge is 2.26. The van der Waals surface area contributed by atoms with Crippen LogP contribution >= 0.6 is 15.9 Å². The molecule has 0 spiro atoms. The van der Waals surface area contributed by atoms with E-state index >= 15 is 0 Å². The summed E-state index contributed by atoms with van der Waals surface area (Å²) in [5, 5.41) is 12.3. The number of benzene rings is 1. The van der Waals surface area contributed by atoms with Gasteiger partial charge in [-0.25, -0.2) is 0 Å². The van der Waals surface area contributed by atoms with Gasteiger partial charge in [-0.3, -0.25) is 0 Å². The standard InChI is InChI=1S/C16H24BrN3O/c1-11(2)10-20(13-5-3-4-6-13)15-8-7-12(17)9-14(15)16(18)19-21/h7-9,11,13,21H,3-6,10H2,1-2H3,(H2,18,19). The Morgan fingerprint density at radius 3 is 2.67 bits per heavy atom. The summed E-state index contributed by atoms with van der Waals surface area (Å²) in [6, 6.07) is 6.56. The Hall–Kier alpha value is -1.23. The van der Waals surface area contributed by atoms with Crippen molar-refractivity contribution in [1.29, 1.82) is 0 Å². The largest absolute Gasteiger partial charge is 0.409 e. The maximum absolute atomic E-state index is 9.06. The van der Waals surface area contributed by atoms with Gasteiger partial charge in [-0.2, -0.15) is 0 Å². The van der Waals surface area contributed by atoms with Crippen LogP contribution in [0.3, 0.4) is 0 Å². The third-order valence-electron chi connectivity index (χ3n) is 3.98. The summed E-state index contributed by atoms with van der Waals surface area (Å²) in [7, 11) is 0. The van der Waals surface area contributed by atoms with Gasteiger partial charge >= 0.3 is 0 Å². The van der Waals surface area contributed by atoms with Crippen LogP contribution in [-0.4, -0.2) is 23.6 Å². The average molecular weight is 354 g/mol. The molecule has 0 amide bonds. The number of oxime groups is 1. The average Bonchev–Trinajstić information content (AvgIpc) is 2.98. The van der Waals surface area contributed by atoms with Gasteiger partial charge in [-0.15, -0.1) is 0 Å². The zero-order valence-corrected chi connectivity index (χ0v) is 14.3. The lowest BCUT2D eigenvalue weighted by molar-refractivity contribution is 0.318. The number of anilines is 1. The SMILES string of the molecule is CC(C)CN(c1ccc(Br)cc1/C(N)=N/O)C1CCCC1. The molecular formula is C16H24BrN3O. The molecule has 0 unspecified atom stereocenters. The van der Waals surface area contributed by atoms with Gasteiger partial charge in [0.25, 0.3) is 0 Å². The Bertz CT molecular complexity index is 510. The zero-order chi connectivity index (χ0) is 15.4. The number of rotatable bonds is 5. The first-order valence-corrected chi connectivity index (χ1v) is 8.36. The summed E-state index contributed by atoms with van der Waals surface area (Å²) in [6.07, 6.45) is 5.01. The monoisotopic (exact) mass is 353 g/mol. The number of nitrogens with two attached hydrogens (primary N) is 1. The Kier molecular flexibility index (Phi) is 5.51. The van der Waals surface area contributed by atoms with Gasteiger partial charge in [-0.05, 0) is 37.0 Å². The first kappa shape index (κ1) is 16.1. The van der Waals surface area contributed by atoms with Crippen LogP contribution in [0.2, 0.25) is 0 Å². The molecule has 2 rings (SSSR count). The van der Waals surface area contributed by atoms with Gasteiger partial charge in [0.1, 0.15) is 0 Å². The highest BCUT2D eigenvalue weighted by molar-refractivity contribution is 9.10. The first-order chi connectivity index (χ1) is 10.0. The molecule has 0 aliphatic heterocycles. The van der Waals surface area contributed by atoms with Gasteiger partial charge in [0.15, 0.2) is 5.84 Å². The molecule has 0 heterocycles. The van der Waals surface area contributed by atoms with Gasteiger partial charge in [-0.1, -0.05) is 47.8 Å². The van der Waals surface area contributed by atoms with E-state index in [9.17, 15) is 0 Å². The molecule has 1 aliphatic carbocycles. The molecule has 5 heteroatoms. The second-order valence-electron chi connectivity index (χ2n) is 6.13. The summed E-state index contributed by atoms with van der Waals surface area (Å²) in [6.45, 7) is 5.44. The lowest BCUT2D eigenvalue weighted by atomic mass is 10.1. The van der Waals surface area contributed by atoms with Crippen LogP contribution in [-0.2, 0) is 0 Å². The minimum atomic E-state index is 0.165. The van der Waals surface area contributed by atoms with Crippen LogP contribution in [0.15, 0.2) is 27.8 Å². The fourth-order valence-electron chi connectivity index (χ4n) is 3.07. The Balaban J connectivity index is 2.43. The molecule has 4 nitrogen and oxygen atoms in total. The summed E-state index contributed by atoms with van der Waals surface area (Å²) >= 11 is 3.47. The maximum atomic E-state index is 9.06. The van der Waals surface area contributed by atoms with Crippen molar-refractivity contribution in [3.05, 3.63) is 28.2 Å². The smallest absolute Gasteiger partial charge is 0.172 e. The topological polar surface area (TPSA) is 61.8 Å². The van der Waals surface area contributed by atoms with Crippen LogP contribution < -0.4 is 10.6 Å². The van der Waals surface area contributed by atoms with E-state index in [1.807, 2.05) is 12.1 Å². The number of hydrogen-bond acceptors (Lipinski definition) is 3. The molecule has 0 atom stereocenters. The number of hydrogen-bond donors (Lipinski definition) is 2. The molecule has 1 aromatic rings. The minimum absolute atomic E-state index is 0.165. The van der Waals surface area contributed by atoms with Crippen molar-refractivity contribution in [3.63, 3.8) is 0 Å². The van der Waals surface area contributed by atoms with E-state index in [4.69, 9.17) is 10.9 Å². The van der Waals surface area contributed by atoms with Crippen LogP contribution in [0.1, 0.15) is 45.1 Å². The highest BCUT2D eigenvalue weighted by Crippen LogP contribution is 2.32. The molecule has 1 aliphatic rings. The fourth-order valence-corrected chi connectivity index (χ4v) is 3.43. The first-order valence-electron chi connectivity index (χ1n) is 7.57. The molecule has 1 saturated carbocycles. The summed E-state index contributed by atoms with van der Waals surface area (Å²) < 4.78 is 0.934. The molecule has 0 radical (unpaired) electrons. The quantitative estimate of drug-likeness (QED) is 0.364. The van der Waals surface area contributed by atoms with E-state index in [-0.39, 0.29) is 5.84 Å². The zero-order valence-electron chi connectivity index (χ0n) is 12.7. The van der Waals surface area contributed by atoms with E-state index in [1.54, 1.807) is 0 Å². The molecule has 0 saturated heterocycles. The Morgan fingerprint density at radius 1 is 1.43 bits per heavy atom. The maximum Gasteiger partial charge on any atom is 0.172 e. The van der Waals surface area contributed by atoms with Crippen molar-refractivity contribution < 1.29 is 5.21 Å². The number of halogens is 1. The van der Waals surface area contributed by atoms with Crippen LogP contribution in [0.4, 0.5) is 5.69 Å². The van der Waals surface area contributed by atoms with Crippen molar-refractivity contribution in [2.45, 2.75) is 45.6 Å². The van der Waals surface area contributed by atoms with Gasteiger partial charge in [0, 0.05) is 28.3 Å². The van der Waals surface area contributed by atoms with Crippen molar-refractivity contribution in [2.75, 3.05) is 11.4 Å². The summed E-state index contributed by atoms with van der Waals surface area (Å²) in [4.78, 5) is 2.44. The number of nitrogens with zero attached hydrogens (tertiary/aromatic N) is 2. The molecule has 3 N–H and O–H groups in total. The third-order valence-corrected chi connectivity index (χ3v) is 4.47. The minimum Gasteiger partial charge on any atom is -0.409 e. The van der Waals surface area contributed by atoms with Crippen molar-refractivity contribution in [2.24, 2.45) is 16.8 Å². The van der Waals surface area contributed by atoms with Gasteiger partial charge < -0.3 is 15.8 Å². The van der Waals surface area contributed by atoms with Gasteiger partial charge in [0.05, 0.1) is 0 Å². The molecule has 0 bridgehead atoms. The predicted octanol–water partition coefficient (Wildman–Crippen LogP) is 3.95. The van der Waals surface area contributed by atoms with E-state index in [0.29, 0.717) is 12.0 Å². The van der Waals surface area contributed by atoms with Crippen LogP contribution in [0.25, 0.3) is 0 Å². The van der Waals surface area contributed by atoms with E-state index in [1.165, 1.54) is 25.7 Å².